The predicted molar refractivity (Wildman–Crippen MR) is 70.5 cm³/mol. The Morgan fingerprint density at radius 3 is 2.89 bits per heavy atom. The highest BCUT2D eigenvalue weighted by Crippen LogP contribution is 2.24. The molecule has 0 unspecified atom stereocenters. The summed E-state index contributed by atoms with van der Waals surface area (Å²) in [5.41, 5.74) is 1.06. The van der Waals surface area contributed by atoms with Gasteiger partial charge in [-0.2, -0.15) is 5.10 Å². The van der Waals surface area contributed by atoms with Crippen molar-refractivity contribution < 1.29 is 14.6 Å². The SMILES string of the molecule is COc1ccc(CSc2ncnn2C)cc1C(=O)O. The largest absolute Gasteiger partial charge is 0.496 e. The second kappa shape index (κ2) is 5.75. The number of aryl methyl sites for hydroxylation is 1. The van der Waals surface area contributed by atoms with Gasteiger partial charge in [-0.25, -0.2) is 14.5 Å². The first kappa shape index (κ1) is 13.4. The smallest absolute Gasteiger partial charge is 0.339 e. The number of ether oxygens (including phenoxy) is 1. The molecule has 0 amide bonds. The Labute approximate surface area is 114 Å². The fraction of sp³-hybridized carbons (Fsp3) is 0.250. The lowest BCUT2D eigenvalue weighted by atomic mass is 10.1. The number of methoxy groups -OCH3 is 1. The molecule has 0 bridgehead atoms. The van der Waals surface area contributed by atoms with Gasteiger partial charge in [-0.05, 0) is 17.7 Å². The molecule has 0 atom stereocenters. The third-order valence-corrected chi connectivity index (χ3v) is 3.64. The van der Waals surface area contributed by atoms with Crippen LogP contribution in [0.2, 0.25) is 0 Å². The molecule has 1 N–H and O–H groups in total. The Bertz CT molecular complexity index is 598. The van der Waals surface area contributed by atoms with Crippen LogP contribution in [-0.4, -0.2) is 33.0 Å². The van der Waals surface area contributed by atoms with E-state index in [2.05, 4.69) is 10.1 Å². The van der Waals surface area contributed by atoms with Gasteiger partial charge in [0.2, 0.25) is 0 Å². The molecule has 19 heavy (non-hydrogen) atoms. The van der Waals surface area contributed by atoms with Crippen molar-refractivity contribution in [2.24, 2.45) is 7.05 Å². The Kier molecular flexibility index (Phi) is 4.06. The van der Waals surface area contributed by atoms with Crippen molar-refractivity contribution in [3.63, 3.8) is 0 Å². The molecule has 100 valence electrons. The Morgan fingerprint density at radius 2 is 2.32 bits per heavy atom. The molecule has 2 aromatic rings. The average molecular weight is 279 g/mol. The van der Waals surface area contributed by atoms with Gasteiger partial charge in [-0.3, -0.25) is 0 Å². The summed E-state index contributed by atoms with van der Waals surface area (Å²) in [7, 11) is 3.27. The minimum Gasteiger partial charge on any atom is -0.496 e. The van der Waals surface area contributed by atoms with Gasteiger partial charge in [0.15, 0.2) is 5.16 Å². The average Bonchev–Trinajstić information content (AvgIpc) is 2.81. The Balaban J connectivity index is 2.15. The van der Waals surface area contributed by atoms with Crippen molar-refractivity contribution in [1.82, 2.24) is 14.8 Å². The highest BCUT2D eigenvalue weighted by atomic mass is 32.2. The maximum absolute atomic E-state index is 11.1. The summed E-state index contributed by atoms with van der Waals surface area (Å²) >= 11 is 1.50. The molecule has 0 aliphatic heterocycles. The van der Waals surface area contributed by atoms with Gasteiger partial charge in [-0.1, -0.05) is 17.8 Å². The molecule has 1 aromatic heterocycles. The lowest BCUT2D eigenvalue weighted by molar-refractivity contribution is 0.0693. The number of aromatic nitrogens is 3. The lowest BCUT2D eigenvalue weighted by Gasteiger charge is -2.07. The first-order chi connectivity index (χ1) is 9.11. The van der Waals surface area contributed by atoms with Gasteiger partial charge in [0, 0.05) is 12.8 Å². The number of hydrogen-bond acceptors (Lipinski definition) is 5. The van der Waals surface area contributed by atoms with Crippen LogP contribution in [0.3, 0.4) is 0 Å². The van der Waals surface area contributed by atoms with Crippen LogP contribution in [0.15, 0.2) is 29.7 Å². The first-order valence-corrected chi connectivity index (χ1v) is 6.47. The van der Waals surface area contributed by atoms with Crippen molar-refractivity contribution in [2.45, 2.75) is 10.9 Å². The highest BCUT2D eigenvalue weighted by Gasteiger charge is 2.12. The standard InChI is InChI=1S/C12H13N3O3S/c1-15-12(13-7-14-15)19-6-8-3-4-10(18-2)9(5-8)11(16)17/h3-5,7H,6H2,1-2H3,(H,16,17). The monoisotopic (exact) mass is 279 g/mol. The van der Waals surface area contributed by atoms with Gasteiger partial charge in [0.25, 0.3) is 0 Å². The van der Waals surface area contributed by atoms with Crippen LogP contribution in [0.1, 0.15) is 15.9 Å². The number of benzene rings is 1. The number of aromatic carboxylic acids is 1. The zero-order valence-electron chi connectivity index (χ0n) is 10.5. The number of nitrogens with zero attached hydrogens (tertiary/aromatic N) is 3. The molecule has 0 aliphatic carbocycles. The fourth-order valence-electron chi connectivity index (χ4n) is 1.58. The minimum atomic E-state index is -0.998. The summed E-state index contributed by atoms with van der Waals surface area (Å²) in [6, 6.07) is 5.12. The topological polar surface area (TPSA) is 77.2 Å². The van der Waals surface area contributed by atoms with E-state index in [4.69, 9.17) is 9.84 Å². The predicted octanol–water partition coefficient (Wildman–Crippen LogP) is 1.81. The van der Waals surface area contributed by atoms with Gasteiger partial charge < -0.3 is 9.84 Å². The molecule has 6 nitrogen and oxygen atoms in total. The third kappa shape index (κ3) is 3.05. The Morgan fingerprint density at radius 1 is 1.53 bits per heavy atom. The number of rotatable bonds is 5. The maximum atomic E-state index is 11.1. The fourth-order valence-corrected chi connectivity index (χ4v) is 2.41. The van der Waals surface area contributed by atoms with E-state index in [1.54, 1.807) is 16.8 Å². The van der Waals surface area contributed by atoms with Crippen LogP contribution < -0.4 is 4.74 Å². The molecule has 0 aliphatic rings. The molecule has 0 saturated heterocycles. The summed E-state index contributed by atoms with van der Waals surface area (Å²) < 4.78 is 6.69. The quantitative estimate of drug-likeness (QED) is 0.841. The van der Waals surface area contributed by atoms with Crippen LogP contribution in [0, 0.1) is 0 Å². The summed E-state index contributed by atoms with van der Waals surface area (Å²) in [4.78, 5) is 15.2. The van der Waals surface area contributed by atoms with Crippen LogP contribution in [0.25, 0.3) is 0 Å². The van der Waals surface area contributed by atoms with Crippen LogP contribution in [-0.2, 0) is 12.8 Å². The zero-order valence-corrected chi connectivity index (χ0v) is 11.3. The molecular formula is C12H13N3O3S. The third-order valence-electron chi connectivity index (χ3n) is 2.53. The number of hydrogen-bond donors (Lipinski definition) is 1. The molecule has 2 rings (SSSR count). The van der Waals surface area contributed by atoms with E-state index in [0.29, 0.717) is 11.5 Å². The second-order valence-corrected chi connectivity index (χ2v) is 4.74. The molecule has 0 spiro atoms. The van der Waals surface area contributed by atoms with E-state index in [1.807, 2.05) is 13.1 Å². The van der Waals surface area contributed by atoms with Crippen molar-refractivity contribution in [2.75, 3.05) is 7.11 Å². The molecule has 7 heteroatoms. The first-order valence-electron chi connectivity index (χ1n) is 5.49. The van der Waals surface area contributed by atoms with E-state index in [9.17, 15) is 4.79 Å². The van der Waals surface area contributed by atoms with E-state index < -0.39 is 5.97 Å². The zero-order chi connectivity index (χ0) is 13.8. The van der Waals surface area contributed by atoms with E-state index >= 15 is 0 Å². The van der Waals surface area contributed by atoms with Crippen molar-refractivity contribution >= 4 is 17.7 Å². The molecule has 1 heterocycles. The number of thioether (sulfide) groups is 1. The summed E-state index contributed by atoms with van der Waals surface area (Å²) in [5.74, 6) is -0.0150. The number of carbonyl (C=O) groups is 1. The normalized spacial score (nSPS) is 10.4. The van der Waals surface area contributed by atoms with Gasteiger partial charge in [0.05, 0.1) is 7.11 Å². The van der Waals surface area contributed by atoms with Crippen molar-refractivity contribution in [3.05, 3.63) is 35.7 Å². The van der Waals surface area contributed by atoms with Crippen LogP contribution in [0.4, 0.5) is 0 Å². The molecule has 0 radical (unpaired) electrons. The van der Waals surface area contributed by atoms with E-state index in [-0.39, 0.29) is 5.56 Å². The highest BCUT2D eigenvalue weighted by molar-refractivity contribution is 7.98. The van der Waals surface area contributed by atoms with Gasteiger partial charge in [0.1, 0.15) is 17.6 Å². The number of carboxylic acid groups (broad SMARTS) is 1. The summed E-state index contributed by atoms with van der Waals surface area (Å²) in [5, 5.41) is 13.9. The lowest BCUT2D eigenvalue weighted by Crippen LogP contribution is -2.01. The molecule has 1 aromatic carbocycles. The Hall–Kier alpha value is -2.02. The molecule has 0 saturated carbocycles. The molecule has 0 fully saturated rings. The van der Waals surface area contributed by atoms with E-state index in [0.717, 1.165) is 10.7 Å². The molecular weight excluding hydrogens is 266 g/mol. The van der Waals surface area contributed by atoms with E-state index in [1.165, 1.54) is 25.2 Å². The minimum absolute atomic E-state index is 0.165. The summed E-state index contributed by atoms with van der Waals surface area (Å²) in [6.45, 7) is 0. The van der Waals surface area contributed by atoms with Crippen LogP contribution in [0.5, 0.6) is 5.75 Å². The maximum Gasteiger partial charge on any atom is 0.339 e. The summed E-state index contributed by atoms with van der Waals surface area (Å²) in [6.07, 6.45) is 1.49. The van der Waals surface area contributed by atoms with Gasteiger partial charge in [-0.15, -0.1) is 0 Å². The van der Waals surface area contributed by atoms with Gasteiger partial charge >= 0.3 is 5.97 Å². The second-order valence-electron chi connectivity index (χ2n) is 3.79. The number of carboxylic acids is 1. The van der Waals surface area contributed by atoms with Crippen molar-refractivity contribution in [3.8, 4) is 5.75 Å². The van der Waals surface area contributed by atoms with Crippen molar-refractivity contribution in [1.29, 1.82) is 0 Å². The van der Waals surface area contributed by atoms with Crippen LogP contribution >= 0.6 is 11.8 Å².